The van der Waals surface area contributed by atoms with Crippen LogP contribution in [0.15, 0.2) is 48.5 Å². The summed E-state index contributed by atoms with van der Waals surface area (Å²) in [6.07, 6.45) is 1.71. The predicted octanol–water partition coefficient (Wildman–Crippen LogP) is 3.98. The molecule has 2 rings (SSSR count). The highest BCUT2D eigenvalue weighted by molar-refractivity contribution is 5.34. The Labute approximate surface area is 120 Å². The van der Waals surface area contributed by atoms with Gasteiger partial charge in [-0.1, -0.05) is 43.3 Å². The summed E-state index contributed by atoms with van der Waals surface area (Å²) >= 11 is 0. The predicted molar refractivity (Wildman–Crippen MR) is 82.3 cm³/mol. The van der Waals surface area contributed by atoms with Crippen LogP contribution in [0.1, 0.15) is 30.0 Å². The molecule has 0 saturated heterocycles. The molecule has 0 aliphatic rings. The van der Waals surface area contributed by atoms with Gasteiger partial charge in [0.05, 0.1) is 0 Å². The van der Waals surface area contributed by atoms with Crippen molar-refractivity contribution in [2.45, 2.75) is 32.1 Å². The third kappa shape index (κ3) is 2.91. The molecule has 2 aromatic rings. The fourth-order valence-corrected chi connectivity index (χ4v) is 2.75. The molecule has 0 amide bonds. The van der Waals surface area contributed by atoms with Gasteiger partial charge in [0.2, 0.25) is 0 Å². The summed E-state index contributed by atoms with van der Waals surface area (Å²) in [4.78, 5) is 0. The Morgan fingerprint density at radius 2 is 1.80 bits per heavy atom. The van der Waals surface area contributed by atoms with Crippen molar-refractivity contribution >= 4 is 0 Å². The average molecular weight is 271 g/mol. The fraction of sp³-hybridized carbons (Fsp3) is 0.333. The van der Waals surface area contributed by atoms with Gasteiger partial charge in [0.25, 0.3) is 0 Å². The lowest BCUT2D eigenvalue weighted by Crippen LogP contribution is -2.37. The minimum Gasteiger partial charge on any atom is -0.330 e. The molecule has 0 aliphatic carbocycles. The van der Waals surface area contributed by atoms with E-state index in [9.17, 15) is 4.39 Å². The first kappa shape index (κ1) is 14.7. The molecule has 0 aromatic heterocycles. The third-order valence-electron chi connectivity index (χ3n) is 4.29. The van der Waals surface area contributed by atoms with E-state index in [-0.39, 0.29) is 11.2 Å². The van der Waals surface area contributed by atoms with E-state index in [0.717, 1.165) is 24.0 Å². The number of nitrogens with two attached hydrogens (primary N) is 1. The molecule has 106 valence electrons. The smallest absolute Gasteiger partial charge is 0.123 e. The summed E-state index contributed by atoms with van der Waals surface area (Å²) in [6, 6.07) is 15.3. The molecular weight excluding hydrogens is 249 g/mol. The molecule has 2 aromatic carbocycles. The minimum absolute atomic E-state index is 0.125. The van der Waals surface area contributed by atoms with Gasteiger partial charge >= 0.3 is 0 Å². The standard InChI is InChI=1S/C18H22FN/c1-3-18(13-20,16-7-5-4-6-8-16)12-15-11-17(19)10-9-14(15)2/h4-11H,3,12-13,20H2,1-2H3. The lowest BCUT2D eigenvalue weighted by molar-refractivity contribution is 0.417. The maximum absolute atomic E-state index is 13.5. The Morgan fingerprint density at radius 1 is 1.10 bits per heavy atom. The van der Waals surface area contributed by atoms with Crippen LogP contribution in [0, 0.1) is 12.7 Å². The lowest BCUT2D eigenvalue weighted by atomic mass is 9.73. The largest absolute Gasteiger partial charge is 0.330 e. The van der Waals surface area contributed by atoms with Crippen LogP contribution in [0.3, 0.4) is 0 Å². The summed E-state index contributed by atoms with van der Waals surface area (Å²) in [5.41, 5.74) is 9.36. The highest BCUT2D eigenvalue weighted by atomic mass is 19.1. The van der Waals surface area contributed by atoms with E-state index in [4.69, 9.17) is 5.73 Å². The van der Waals surface area contributed by atoms with Gasteiger partial charge in [-0.3, -0.25) is 0 Å². The Morgan fingerprint density at radius 3 is 2.40 bits per heavy atom. The highest BCUT2D eigenvalue weighted by Crippen LogP contribution is 2.32. The zero-order valence-electron chi connectivity index (χ0n) is 12.2. The summed E-state index contributed by atoms with van der Waals surface area (Å²) in [5, 5.41) is 0. The second-order valence-corrected chi connectivity index (χ2v) is 5.45. The number of aryl methyl sites for hydroxylation is 1. The third-order valence-corrected chi connectivity index (χ3v) is 4.29. The van der Waals surface area contributed by atoms with E-state index in [2.05, 4.69) is 19.1 Å². The van der Waals surface area contributed by atoms with Crippen LogP contribution in [-0.4, -0.2) is 6.54 Å². The molecule has 20 heavy (non-hydrogen) atoms. The van der Waals surface area contributed by atoms with Crippen molar-refractivity contribution in [1.29, 1.82) is 0 Å². The second-order valence-electron chi connectivity index (χ2n) is 5.45. The van der Waals surface area contributed by atoms with Gasteiger partial charge in [-0.2, -0.15) is 0 Å². The van der Waals surface area contributed by atoms with Crippen molar-refractivity contribution in [3.63, 3.8) is 0 Å². The van der Waals surface area contributed by atoms with Crippen LogP contribution in [0.25, 0.3) is 0 Å². The monoisotopic (exact) mass is 271 g/mol. The van der Waals surface area contributed by atoms with Crippen LogP contribution in [0.2, 0.25) is 0 Å². The van der Waals surface area contributed by atoms with Gasteiger partial charge in [-0.25, -0.2) is 4.39 Å². The summed E-state index contributed by atoms with van der Waals surface area (Å²) in [7, 11) is 0. The van der Waals surface area contributed by atoms with Crippen LogP contribution < -0.4 is 5.73 Å². The molecule has 1 atom stereocenters. The maximum Gasteiger partial charge on any atom is 0.123 e. The normalized spacial score (nSPS) is 14.0. The molecule has 0 saturated carbocycles. The topological polar surface area (TPSA) is 26.0 Å². The van der Waals surface area contributed by atoms with E-state index in [1.807, 2.05) is 31.2 Å². The molecule has 0 fully saturated rings. The minimum atomic E-state index is -0.180. The van der Waals surface area contributed by atoms with E-state index >= 15 is 0 Å². The molecule has 0 heterocycles. The molecule has 2 heteroatoms. The van der Waals surface area contributed by atoms with Crippen molar-refractivity contribution in [2.24, 2.45) is 5.73 Å². The zero-order chi connectivity index (χ0) is 14.6. The molecule has 1 nitrogen and oxygen atoms in total. The van der Waals surface area contributed by atoms with Crippen LogP contribution in [0.5, 0.6) is 0 Å². The van der Waals surface area contributed by atoms with Gasteiger partial charge in [0.1, 0.15) is 5.82 Å². The van der Waals surface area contributed by atoms with Gasteiger partial charge < -0.3 is 5.73 Å². The van der Waals surface area contributed by atoms with E-state index in [1.54, 1.807) is 6.07 Å². The first-order chi connectivity index (χ1) is 9.61. The van der Waals surface area contributed by atoms with Crippen LogP contribution >= 0.6 is 0 Å². The molecule has 2 N–H and O–H groups in total. The number of hydrogen-bond acceptors (Lipinski definition) is 1. The lowest BCUT2D eigenvalue weighted by Gasteiger charge is -2.33. The van der Waals surface area contributed by atoms with Crippen LogP contribution in [-0.2, 0) is 11.8 Å². The Bertz CT molecular complexity index is 559. The molecule has 1 unspecified atom stereocenters. The maximum atomic E-state index is 13.5. The Hall–Kier alpha value is -1.67. The van der Waals surface area contributed by atoms with E-state index in [0.29, 0.717) is 6.54 Å². The molecule has 0 radical (unpaired) electrons. The average Bonchev–Trinajstić information content (AvgIpc) is 2.49. The van der Waals surface area contributed by atoms with Gasteiger partial charge in [0.15, 0.2) is 0 Å². The number of rotatable bonds is 5. The summed E-state index contributed by atoms with van der Waals surface area (Å²) in [6.45, 7) is 4.73. The van der Waals surface area contributed by atoms with Gasteiger partial charge in [-0.05, 0) is 48.6 Å². The van der Waals surface area contributed by atoms with E-state index < -0.39 is 0 Å². The fourth-order valence-electron chi connectivity index (χ4n) is 2.75. The Kier molecular flexibility index (Phi) is 4.56. The first-order valence-electron chi connectivity index (χ1n) is 7.12. The molecule has 0 spiro atoms. The van der Waals surface area contributed by atoms with Gasteiger partial charge in [0, 0.05) is 12.0 Å². The van der Waals surface area contributed by atoms with Crippen molar-refractivity contribution in [1.82, 2.24) is 0 Å². The van der Waals surface area contributed by atoms with Gasteiger partial charge in [-0.15, -0.1) is 0 Å². The molecule has 0 aliphatic heterocycles. The quantitative estimate of drug-likeness (QED) is 0.874. The van der Waals surface area contributed by atoms with Crippen LogP contribution in [0.4, 0.5) is 4.39 Å². The van der Waals surface area contributed by atoms with E-state index in [1.165, 1.54) is 11.6 Å². The SMILES string of the molecule is CCC(CN)(Cc1cc(F)ccc1C)c1ccccc1. The summed E-state index contributed by atoms with van der Waals surface area (Å²) < 4.78 is 13.5. The number of benzene rings is 2. The van der Waals surface area contributed by atoms with Crippen molar-refractivity contribution in [3.8, 4) is 0 Å². The first-order valence-corrected chi connectivity index (χ1v) is 7.12. The highest BCUT2D eigenvalue weighted by Gasteiger charge is 2.29. The zero-order valence-corrected chi connectivity index (χ0v) is 12.2. The number of hydrogen-bond donors (Lipinski definition) is 1. The molecule has 0 bridgehead atoms. The second kappa shape index (κ2) is 6.19. The molecular formula is C18H22FN. The van der Waals surface area contributed by atoms with Crippen molar-refractivity contribution < 1.29 is 4.39 Å². The van der Waals surface area contributed by atoms with Crippen molar-refractivity contribution in [2.75, 3.05) is 6.54 Å². The Balaban J connectivity index is 2.42. The van der Waals surface area contributed by atoms with Crippen molar-refractivity contribution in [3.05, 3.63) is 71.0 Å². The summed E-state index contributed by atoms with van der Waals surface area (Å²) in [5.74, 6) is -0.180. The number of halogens is 1.